The maximum atomic E-state index is 12.4. The molecule has 2 aliphatic carbocycles. The first-order valence-corrected chi connectivity index (χ1v) is 9.05. The summed E-state index contributed by atoms with van der Waals surface area (Å²) < 4.78 is 0. The van der Waals surface area contributed by atoms with Gasteiger partial charge < -0.3 is 10.6 Å². The van der Waals surface area contributed by atoms with E-state index < -0.39 is 0 Å². The van der Waals surface area contributed by atoms with E-state index >= 15 is 0 Å². The standard InChI is InChI=1S/C17H26N2OS/c1-4-19(9-11-5-6-11)17-13(12-7-8-12)14(18)16(21-17)15(20)10(2)3/h10-12H,4-9,18H2,1-3H3. The molecule has 2 saturated carbocycles. The van der Waals surface area contributed by atoms with Crippen molar-refractivity contribution in [1.29, 1.82) is 0 Å². The molecular weight excluding hydrogens is 280 g/mol. The molecule has 1 aromatic heterocycles. The number of nitrogens with two attached hydrogens (primary N) is 1. The van der Waals surface area contributed by atoms with Gasteiger partial charge in [0.25, 0.3) is 0 Å². The van der Waals surface area contributed by atoms with E-state index in [9.17, 15) is 4.79 Å². The zero-order valence-electron chi connectivity index (χ0n) is 13.3. The number of hydrogen-bond donors (Lipinski definition) is 1. The third-order valence-corrected chi connectivity index (χ3v) is 5.84. The van der Waals surface area contributed by atoms with E-state index in [1.807, 2.05) is 13.8 Å². The molecule has 0 unspecified atom stereocenters. The molecule has 0 aromatic carbocycles. The van der Waals surface area contributed by atoms with Crippen molar-refractivity contribution >= 4 is 27.8 Å². The quantitative estimate of drug-likeness (QED) is 0.765. The Hall–Kier alpha value is -1.03. The Morgan fingerprint density at radius 1 is 1.33 bits per heavy atom. The normalized spacial score (nSPS) is 18.3. The summed E-state index contributed by atoms with van der Waals surface area (Å²) in [6.45, 7) is 8.26. The first kappa shape index (κ1) is 14.9. The van der Waals surface area contributed by atoms with Gasteiger partial charge in [-0.1, -0.05) is 13.8 Å². The summed E-state index contributed by atoms with van der Waals surface area (Å²) in [6, 6.07) is 0. The Labute approximate surface area is 131 Å². The molecule has 3 nitrogen and oxygen atoms in total. The molecule has 2 fully saturated rings. The Morgan fingerprint density at radius 2 is 2.00 bits per heavy atom. The summed E-state index contributed by atoms with van der Waals surface area (Å²) in [6.07, 6.45) is 5.16. The minimum Gasteiger partial charge on any atom is -0.397 e. The summed E-state index contributed by atoms with van der Waals surface area (Å²) in [5.41, 5.74) is 8.45. The number of carbonyl (C=O) groups is 1. The van der Waals surface area contributed by atoms with Gasteiger partial charge >= 0.3 is 0 Å². The van der Waals surface area contributed by atoms with Crippen LogP contribution in [0.15, 0.2) is 0 Å². The zero-order valence-corrected chi connectivity index (χ0v) is 14.1. The number of anilines is 2. The van der Waals surface area contributed by atoms with Crippen LogP contribution in [0.2, 0.25) is 0 Å². The third kappa shape index (κ3) is 2.96. The fraction of sp³-hybridized carbons (Fsp3) is 0.706. The molecule has 3 rings (SSSR count). The number of ketones is 1. The van der Waals surface area contributed by atoms with Gasteiger partial charge in [-0.25, -0.2) is 0 Å². The first-order chi connectivity index (χ1) is 10.0. The highest BCUT2D eigenvalue weighted by Gasteiger charge is 2.35. The maximum absolute atomic E-state index is 12.4. The lowest BCUT2D eigenvalue weighted by Crippen LogP contribution is -2.25. The maximum Gasteiger partial charge on any atom is 0.177 e. The van der Waals surface area contributed by atoms with Crippen molar-refractivity contribution in [2.75, 3.05) is 23.7 Å². The topological polar surface area (TPSA) is 46.3 Å². The van der Waals surface area contributed by atoms with Crippen LogP contribution in [0.1, 0.15) is 67.6 Å². The number of rotatable bonds is 7. The van der Waals surface area contributed by atoms with Gasteiger partial charge in [-0.3, -0.25) is 4.79 Å². The zero-order chi connectivity index (χ0) is 15.1. The Balaban J connectivity index is 1.97. The predicted molar refractivity (Wildman–Crippen MR) is 90.5 cm³/mol. The van der Waals surface area contributed by atoms with Crippen LogP contribution in [0, 0.1) is 11.8 Å². The Kier molecular flexibility index (Phi) is 4.00. The largest absolute Gasteiger partial charge is 0.397 e. The average Bonchev–Trinajstić information content (AvgIpc) is 3.35. The van der Waals surface area contributed by atoms with Crippen LogP contribution in [0.4, 0.5) is 10.7 Å². The van der Waals surface area contributed by atoms with Crippen molar-refractivity contribution in [3.8, 4) is 0 Å². The Bertz CT molecular complexity index is 541. The van der Waals surface area contributed by atoms with Gasteiger partial charge in [0.2, 0.25) is 0 Å². The lowest BCUT2D eigenvalue weighted by atomic mass is 10.0. The summed E-state index contributed by atoms with van der Waals surface area (Å²) >= 11 is 1.64. The number of hydrogen-bond acceptors (Lipinski definition) is 4. The van der Waals surface area contributed by atoms with Gasteiger partial charge in [0.15, 0.2) is 5.78 Å². The predicted octanol–water partition coefficient (Wildman–Crippen LogP) is 4.28. The highest BCUT2D eigenvalue weighted by molar-refractivity contribution is 7.19. The molecule has 1 aromatic rings. The SMILES string of the molecule is CCN(CC1CC1)c1sc(C(=O)C(C)C)c(N)c1C1CC1. The summed E-state index contributed by atoms with van der Waals surface area (Å²) in [5.74, 6) is 1.67. The van der Waals surface area contributed by atoms with Gasteiger partial charge in [0.05, 0.1) is 15.6 Å². The third-order valence-electron chi connectivity index (χ3n) is 4.54. The monoisotopic (exact) mass is 306 g/mol. The summed E-state index contributed by atoms with van der Waals surface area (Å²) in [5, 5.41) is 1.29. The van der Waals surface area contributed by atoms with Gasteiger partial charge in [0.1, 0.15) is 0 Å². The van der Waals surface area contributed by atoms with Gasteiger partial charge in [-0.15, -0.1) is 11.3 Å². The van der Waals surface area contributed by atoms with Crippen molar-refractivity contribution in [3.05, 3.63) is 10.4 Å². The Morgan fingerprint density at radius 3 is 2.48 bits per heavy atom. The van der Waals surface area contributed by atoms with E-state index in [1.165, 1.54) is 36.2 Å². The minimum absolute atomic E-state index is 0.0179. The van der Waals surface area contributed by atoms with Gasteiger partial charge in [-0.2, -0.15) is 0 Å². The molecule has 2 N–H and O–H groups in total. The van der Waals surface area contributed by atoms with Gasteiger partial charge in [0, 0.05) is 24.6 Å². The molecule has 0 bridgehead atoms. The second-order valence-electron chi connectivity index (χ2n) is 6.84. The molecule has 1 heterocycles. The van der Waals surface area contributed by atoms with Crippen LogP contribution >= 0.6 is 11.3 Å². The molecule has 2 aliphatic rings. The first-order valence-electron chi connectivity index (χ1n) is 8.24. The van der Waals surface area contributed by atoms with Crippen molar-refractivity contribution in [2.45, 2.75) is 52.4 Å². The number of nitrogens with zero attached hydrogens (tertiary/aromatic N) is 1. The van der Waals surface area contributed by atoms with E-state index in [2.05, 4.69) is 11.8 Å². The van der Waals surface area contributed by atoms with Crippen molar-refractivity contribution in [1.82, 2.24) is 0 Å². The van der Waals surface area contributed by atoms with E-state index in [4.69, 9.17) is 5.73 Å². The van der Waals surface area contributed by atoms with E-state index in [1.54, 1.807) is 11.3 Å². The van der Waals surface area contributed by atoms with E-state index in [-0.39, 0.29) is 11.7 Å². The lowest BCUT2D eigenvalue weighted by Gasteiger charge is -2.23. The highest BCUT2D eigenvalue weighted by Crippen LogP contribution is 2.52. The van der Waals surface area contributed by atoms with Crippen LogP contribution in [-0.2, 0) is 0 Å². The second-order valence-corrected chi connectivity index (χ2v) is 7.84. The number of nitrogen functional groups attached to an aromatic ring is 1. The molecule has 4 heteroatoms. The average molecular weight is 306 g/mol. The highest BCUT2D eigenvalue weighted by atomic mass is 32.1. The van der Waals surface area contributed by atoms with Crippen molar-refractivity contribution in [3.63, 3.8) is 0 Å². The van der Waals surface area contributed by atoms with Crippen LogP contribution in [0.3, 0.4) is 0 Å². The molecule has 0 aliphatic heterocycles. The molecule has 116 valence electrons. The summed E-state index contributed by atoms with van der Waals surface area (Å²) in [4.78, 5) is 15.7. The molecule has 0 saturated heterocycles. The molecule has 0 atom stereocenters. The van der Waals surface area contributed by atoms with E-state index in [0.29, 0.717) is 5.92 Å². The molecule has 0 spiro atoms. The van der Waals surface area contributed by atoms with E-state index in [0.717, 1.165) is 29.6 Å². The summed E-state index contributed by atoms with van der Waals surface area (Å²) in [7, 11) is 0. The fourth-order valence-corrected chi connectivity index (χ4v) is 4.33. The molecular formula is C17H26N2OS. The van der Waals surface area contributed by atoms with Crippen LogP contribution in [-0.4, -0.2) is 18.9 Å². The van der Waals surface area contributed by atoms with Crippen LogP contribution in [0.5, 0.6) is 0 Å². The fourth-order valence-electron chi connectivity index (χ4n) is 2.86. The molecule has 0 amide bonds. The smallest absolute Gasteiger partial charge is 0.177 e. The number of carbonyl (C=O) groups excluding carboxylic acids is 1. The number of thiophene rings is 1. The van der Waals surface area contributed by atoms with Crippen LogP contribution in [0.25, 0.3) is 0 Å². The second kappa shape index (κ2) is 5.64. The lowest BCUT2D eigenvalue weighted by molar-refractivity contribution is 0.0944. The minimum atomic E-state index is 0.0179. The van der Waals surface area contributed by atoms with Crippen molar-refractivity contribution in [2.24, 2.45) is 11.8 Å². The van der Waals surface area contributed by atoms with Gasteiger partial charge in [-0.05, 0) is 44.4 Å². The molecule has 21 heavy (non-hydrogen) atoms. The number of Topliss-reactive ketones (excluding diaryl/α,β-unsaturated/α-hetero) is 1. The van der Waals surface area contributed by atoms with Crippen LogP contribution < -0.4 is 10.6 Å². The van der Waals surface area contributed by atoms with Crippen molar-refractivity contribution < 1.29 is 4.79 Å². The molecule has 0 radical (unpaired) electrons.